The standard InChI is InChI=1S/C14H15ClO4/c1-8-9(14(13(16)17)4-2-3-5-14)6-10(15)12-11(8)18-7-19-12/h6H,2-5,7H2,1H3,(H,16,17). The molecule has 0 spiro atoms. The van der Waals surface area contributed by atoms with Crippen LogP contribution in [0.1, 0.15) is 36.8 Å². The number of hydrogen-bond donors (Lipinski definition) is 1. The van der Waals surface area contributed by atoms with E-state index in [9.17, 15) is 9.90 Å². The SMILES string of the molecule is Cc1c(C2(C(=O)O)CCCC2)cc(Cl)c2c1OCO2. The van der Waals surface area contributed by atoms with Crippen LogP contribution in [0.5, 0.6) is 11.5 Å². The molecule has 1 aliphatic carbocycles. The molecular formula is C14H15ClO4. The van der Waals surface area contributed by atoms with Gasteiger partial charge < -0.3 is 14.6 Å². The first-order valence-electron chi connectivity index (χ1n) is 6.39. The Balaban J connectivity index is 2.20. The van der Waals surface area contributed by atoms with Crippen molar-refractivity contribution in [1.82, 2.24) is 0 Å². The normalized spacial score (nSPS) is 19.7. The van der Waals surface area contributed by atoms with Crippen LogP contribution in [0.2, 0.25) is 5.02 Å². The molecule has 0 saturated heterocycles. The van der Waals surface area contributed by atoms with Crippen LogP contribution in [-0.2, 0) is 10.2 Å². The number of hydrogen-bond acceptors (Lipinski definition) is 3. The van der Waals surface area contributed by atoms with Crippen molar-refractivity contribution in [3.63, 3.8) is 0 Å². The molecule has 0 amide bonds. The van der Waals surface area contributed by atoms with Crippen molar-refractivity contribution in [3.05, 3.63) is 22.2 Å². The quantitative estimate of drug-likeness (QED) is 0.904. The molecule has 0 radical (unpaired) electrons. The maximum absolute atomic E-state index is 11.8. The zero-order valence-electron chi connectivity index (χ0n) is 10.7. The first-order valence-corrected chi connectivity index (χ1v) is 6.76. The average Bonchev–Trinajstić information content (AvgIpc) is 3.02. The van der Waals surface area contributed by atoms with E-state index in [0.29, 0.717) is 29.4 Å². The summed E-state index contributed by atoms with van der Waals surface area (Å²) < 4.78 is 10.8. The molecule has 1 fully saturated rings. The van der Waals surface area contributed by atoms with Crippen LogP contribution in [0.25, 0.3) is 0 Å². The minimum atomic E-state index is -0.825. The topological polar surface area (TPSA) is 55.8 Å². The molecule has 1 aromatic carbocycles. The number of benzene rings is 1. The van der Waals surface area contributed by atoms with Gasteiger partial charge in [-0.15, -0.1) is 0 Å². The van der Waals surface area contributed by atoms with Gasteiger partial charge in [-0.25, -0.2) is 0 Å². The number of carboxylic acid groups (broad SMARTS) is 1. The van der Waals surface area contributed by atoms with E-state index >= 15 is 0 Å². The first-order chi connectivity index (χ1) is 9.06. The second-order valence-corrected chi connectivity index (χ2v) is 5.60. The molecule has 4 nitrogen and oxygen atoms in total. The summed E-state index contributed by atoms with van der Waals surface area (Å²) in [5, 5.41) is 10.1. The summed E-state index contributed by atoms with van der Waals surface area (Å²) in [7, 11) is 0. The van der Waals surface area contributed by atoms with E-state index in [2.05, 4.69) is 0 Å². The van der Waals surface area contributed by atoms with Crippen molar-refractivity contribution in [1.29, 1.82) is 0 Å². The smallest absolute Gasteiger partial charge is 0.314 e. The number of fused-ring (bicyclic) bond motifs is 1. The fraction of sp³-hybridized carbons (Fsp3) is 0.500. The lowest BCUT2D eigenvalue weighted by Crippen LogP contribution is -2.33. The zero-order chi connectivity index (χ0) is 13.6. The number of rotatable bonds is 2. The highest BCUT2D eigenvalue weighted by atomic mass is 35.5. The lowest BCUT2D eigenvalue weighted by atomic mass is 9.76. The maximum atomic E-state index is 11.8. The summed E-state index contributed by atoms with van der Waals surface area (Å²) >= 11 is 6.19. The lowest BCUT2D eigenvalue weighted by Gasteiger charge is -2.27. The summed E-state index contributed by atoms with van der Waals surface area (Å²) in [5.41, 5.74) is 0.780. The van der Waals surface area contributed by atoms with E-state index in [0.717, 1.165) is 24.0 Å². The van der Waals surface area contributed by atoms with Crippen LogP contribution in [0.4, 0.5) is 0 Å². The molecule has 0 bridgehead atoms. The first kappa shape index (κ1) is 12.6. The predicted octanol–water partition coefficient (Wildman–Crippen LogP) is 3.27. The highest BCUT2D eigenvalue weighted by Gasteiger charge is 2.45. The Bertz CT molecular complexity index is 547. The fourth-order valence-electron chi connectivity index (χ4n) is 3.23. The van der Waals surface area contributed by atoms with Gasteiger partial charge in [0.2, 0.25) is 6.79 Å². The van der Waals surface area contributed by atoms with Gasteiger partial charge in [0.25, 0.3) is 0 Å². The second-order valence-electron chi connectivity index (χ2n) is 5.19. The summed E-state index contributed by atoms with van der Waals surface area (Å²) in [6, 6.07) is 1.74. The monoisotopic (exact) mass is 282 g/mol. The Morgan fingerprint density at radius 3 is 2.58 bits per heavy atom. The molecule has 1 heterocycles. The van der Waals surface area contributed by atoms with Crippen molar-refractivity contribution in [2.24, 2.45) is 0 Å². The van der Waals surface area contributed by atoms with E-state index in [1.807, 2.05) is 6.92 Å². The average molecular weight is 283 g/mol. The van der Waals surface area contributed by atoms with Gasteiger partial charge >= 0.3 is 5.97 Å². The van der Waals surface area contributed by atoms with E-state index in [4.69, 9.17) is 21.1 Å². The van der Waals surface area contributed by atoms with Crippen LogP contribution in [-0.4, -0.2) is 17.9 Å². The maximum Gasteiger partial charge on any atom is 0.314 e. The third kappa shape index (κ3) is 1.70. The Morgan fingerprint density at radius 1 is 1.32 bits per heavy atom. The molecule has 0 atom stereocenters. The van der Waals surface area contributed by atoms with Crippen LogP contribution < -0.4 is 9.47 Å². The lowest BCUT2D eigenvalue weighted by molar-refractivity contribution is -0.143. The molecular weight excluding hydrogens is 268 g/mol. The highest BCUT2D eigenvalue weighted by molar-refractivity contribution is 6.32. The van der Waals surface area contributed by atoms with Gasteiger partial charge in [-0.2, -0.15) is 0 Å². The highest BCUT2D eigenvalue weighted by Crippen LogP contribution is 2.50. The zero-order valence-corrected chi connectivity index (χ0v) is 11.4. The number of carbonyl (C=O) groups is 1. The minimum absolute atomic E-state index is 0.138. The number of aliphatic carboxylic acids is 1. The van der Waals surface area contributed by atoms with Gasteiger partial charge in [-0.05, 0) is 37.0 Å². The molecule has 5 heteroatoms. The summed E-state index contributed by atoms with van der Waals surface area (Å²) in [4.78, 5) is 11.8. The van der Waals surface area contributed by atoms with Gasteiger partial charge in [-0.3, -0.25) is 4.79 Å². The van der Waals surface area contributed by atoms with Crippen molar-refractivity contribution in [2.45, 2.75) is 38.0 Å². The summed E-state index contributed by atoms with van der Waals surface area (Å²) in [6.45, 7) is 2.02. The Labute approximate surface area is 116 Å². The third-order valence-electron chi connectivity index (χ3n) is 4.23. The van der Waals surface area contributed by atoms with Crippen LogP contribution in [0.15, 0.2) is 6.07 Å². The number of carboxylic acids is 1. The number of halogens is 1. The molecule has 0 unspecified atom stereocenters. The third-order valence-corrected chi connectivity index (χ3v) is 4.51. The summed E-state index contributed by atoms with van der Waals surface area (Å²) in [5.74, 6) is 0.347. The molecule has 2 aliphatic rings. The molecule has 1 saturated carbocycles. The van der Waals surface area contributed by atoms with Crippen molar-refractivity contribution < 1.29 is 19.4 Å². The van der Waals surface area contributed by atoms with Gasteiger partial charge in [0.05, 0.1) is 10.4 Å². The Kier molecular flexibility index (Phi) is 2.86. The molecule has 0 aromatic heterocycles. The molecule has 19 heavy (non-hydrogen) atoms. The Morgan fingerprint density at radius 2 is 1.95 bits per heavy atom. The predicted molar refractivity (Wildman–Crippen MR) is 70.1 cm³/mol. The van der Waals surface area contributed by atoms with Crippen LogP contribution >= 0.6 is 11.6 Å². The van der Waals surface area contributed by atoms with E-state index in [-0.39, 0.29) is 6.79 Å². The van der Waals surface area contributed by atoms with Crippen molar-refractivity contribution in [3.8, 4) is 11.5 Å². The van der Waals surface area contributed by atoms with E-state index in [1.54, 1.807) is 6.07 Å². The van der Waals surface area contributed by atoms with Crippen molar-refractivity contribution in [2.75, 3.05) is 6.79 Å². The molecule has 1 N–H and O–H groups in total. The largest absolute Gasteiger partial charge is 0.481 e. The van der Waals surface area contributed by atoms with Gasteiger partial charge in [0, 0.05) is 0 Å². The molecule has 1 aromatic rings. The van der Waals surface area contributed by atoms with Crippen LogP contribution in [0, 0.1) is 6.92 Å². The van der Waals surface area contributed by atoms with E-state index < -0.39 is 11.4 Å². The van der Waals surface area contributed by atoms with E-state index in [1.165, 1.54) is 0 Å². The summed E-state index contributed by atoms with van der Waals surface area (Å²) in [6.07, 6.45) is 3.16. The van der Waals surface area contributed by atoms with Gasteiger partial charge in [-0.1, -0.05) is 24.4 Å². The number of ether oxygens (including phenoxy) is 2. The van der Waals surface area contributed by atoms with Crippen molar-refractivity contribution >= 4 is 17.6 Å². The van der Waals surface area contributed by atoms with Gasteiger partial charge in [0.15, 0.2) is 11.5 Å². The molecule has 102 valence electrons. The Hall–Kier alpha value is -1.42. The molecule has 3 rings (SSSR count). The fourth-order valence-corrected chi connectivity index (χ4v) is 3.48. The van der Waals surface area contributed by atoms with Gasteiger partial charge in [0.1, 0.15) is 0 Å². The second kappa shape index (κ2) is 4.30. The molecule has 1 aliphatic heterocycles. The minimum Gasteiger partial charge on any atom is -0.481 e. The van der Waals surface area contributed by atoms with Crippen LogP contribution in [0.3, 0.4) is 0 Å².